The minimum Gasteiger partial charge on any atom is -0.493 e. The third kappa shape index (κ3) is 6.84. The molecule has 0 aliphatic carbocycles. The molecule has 2 aromatic rings. The van der Waals surface area contributed by atoms with E-state index in [2.05, 4.69) is 15.8 Å². The predicted octanol–water partition coefficient (Wildman–Crippen LogP) is 4.17. The molecule has 0 radical (unpaired) electrons. The Morgan fingerprint density at radius 1 is 1.20 bits per heavy atom. The first-order chi connectivity index (χ1) is 14.3. The minimum absolute atomic E-state index is 0.195. The summed E-state index contributed by atoms with van der Waals surface area (Å²) in [5.41, 5.74) is 3.32. The Morgan fingerprint density at radius 3 is 2.53 bits per heavy atom. The molecule has 2 aromatic carbocycles. The van der Waals surface area contributed by atoms with Crippen LogP contribution >= 0.6 is 11.6 Å². The van der Waals surface area contributed by atoms with Crippen molar-refractivity contribution in [2.75, 3.05) is 6.61 Å². The van der Waals surface area contributed by atoms with Gasteiger partial charge in [-0.05, 0) is 54.8 Å². The largest absolute Gasteiger partial charge is 0.493 e. The summed E-state index contributed by atoms with van der Waals surface area (Å²) in [6.07, 6.45) is 2.29. The maximum Gasteiger partial charge on any atom is 0.262 e. The van der Waals surface area contributed by atoms with Gasteiger partial charge in [-0.2, -0.15) is 5.10 Å². The van der Waals surface area contributed by atoms with Crippen LogP contribution in [0.15, 0.2) is 47.6 Å². The maximum atomic E-state index is 13.0. The van der Waals surface area contributed by atoms with Gasteiger partial charge in [0.2, 0.25) is 0 Å². The van der Waals surface area contributed by atoms with Gasteiger partial charge in [-0.3, -0.25) is 9.59 Å². The average Bonchev–Trinajstić information content (AvgIpc) is 2.71. The summed E-state index contributed by atoms with van der Waals surface area (Å²) in [6, 6.07) is 9.39. The molecule has 2 amide bonds. The number of halogens is 2. The second kappa shape index (κ2) is 11.3. The van der Waals surface area contributed by atoms with Crippen molar-refractivity contribution >= 4 is 29.6 Å². The van der Waals surface area contributed by atoms with Crippen molar-refractivity contribution in [2.24, 2.45) is 11.0 Å². The van der Waals surface area contributed by atoms with Crippen LogP contribution in [-0.2, 0) is 4.79 Å². The lowest BCUT2D eigenvalue weighted by atomic mass is 10.0. The summed E-state index contributed by atoms with van der Waals surface area (Å²) < 4.78 is 18.7. The Balaban J connectivity index is 2.06. The molecule has 8 heteroatoms. The first-order valence-corrected chi connectivity index (χ1v) is 10.0. The van der Waals surface area contributed by atoms with E-state index in [1.54, 1.807) is 32.0 Å². The molecule has 1 unspecified atom stereocenters. The van der Waals surface area contributed by atoms with Gasteiger partial charge in [0, 0.05) is 16.1 Å². The number of hydrogen-bond donors (Lipinski definition) is 2. The maximum absolute atomic E-state index is 13.0. The number of hydrazone groups is 1. The number of nitrogens with one attached hydrogen (secondary N) is 2. The standard InChI is InChI=1S/C22H25ClFN3O3/c1-4-11-30-19-10-7-17(23)12-16(19)13-25-27-22(29)20(14(2)3)26-21(28)15-5-8-18(24)9-6-15/h5-10,12-14,20H,4,11H2,1-3H3,(H,26,28)(H,27,29)/b25-13+. The topological polar surface area (TPSA) is 79.8 Å². The molecule has 2 N–H and O–H groups in total. The second-order valence-electron chi connectivity index (χ2n) is 6.97. The van der Waals surface area contributed by atoms with E-state index in [4.69, 9.17) is 16.3 Å². The first kappa shape index (κ1) is 23.3. The van der Waals surface area contributed by atoms with Crippen molar-refractivity contribution < 1.29 is 18.7 Å². The van der Waals surface area contributed by atoms with Crippen molar-refractivity contribution in [3.63, 3.8) is 0 Å². The number of amides is 2. The zero-order valence-corrected chi connectivity index (χ0v) is 17.9. The molecule has 1 atom stereocenters. The quantitative estimate of drug-likeness (QED) is 0.460. The highest BCUT2D eigenvalue weighted by Gasteiger charge is 2.24. The highest BCUT2D eigenvalue weighted by Crippen LogP contribution is 2.21. The fourth-order valence-corrected chi connectivity index (χ4v) is 2.74. The highest BCUT2D eigenvalue weighted by molar-refractivity contribution is 6.30. The Kier molecular flexibility index (Phi) is 8.80. The summed E-state index contributed by atoms with van der Waals surface area (Å²) in [5.74, 6) is -0.987. The summed E-state index contributed by atoms with van der Waals surface area (Å²) in [4.78, 5) is 24.9. The number of carbonyl (C=O) groups excluding carboxylic acids is 2. The summed E-state index contributed by atoms with van der Waals surface area (Å²) in [5, 5.41) is 7.15. The van der Waals surface area contributed by atoms with Crippen LogP contribution in [0.2, 0.25) is 5.02 Å². The molecule has 0 aromatic heterocycles. The van der Waals surface area contributed by atoms with Gasteiger partial charge in [0.05, 0.1) is 12.8 Å². The minimum atomic E-state index is -0.824. The van der Waals surface area contributed by atoms with Crippen LogP contribution in [0.4, 0.5) is 4.39 Å². The van der Waals surface area contributed by atoms with Crippen LogP contribution in [-0.4, -0.2) is 30.7 Å². The molecule has 0 heterocycles. The Labute approximate surface area is 180 Å². The van der Waals surface area contributed by atoms with Crippen molar-refractivity contribution in [2.45, 2.75) is 33.2 Å². The molecular formula is C22H25ClFN3O3. The Morgan fingerprint density at radius 2 is 1.90 bits per heavy atom. The highest BCUT2D eigenvalue weighted by atomic mass is 35.5. The lowest BCUT2D eigenvalue weighted by Crippen LogP contribution is -2.48. The van der Waals surface area contributed by atoms with Crippen LogP contribution in [0.25, 0.3) is 0 Å². The number of benzene rings is 2. The second-order valence-corrected chi connectivity index (χ2v) is 7.40. The van der Waals surface area contributed by atoms with Gasteiger partial charge in [-0.15, -0.1) is 0 Å². The number of rotatable bonds is 9. The van der Waals surface area contributed by atoms with Gasteiger partial charge >= 0.3 is 0 Å². The number of carbonyl (C=O) groups is 2. The molecule has 0 aliphatic rings. The van der Waals surface area contributed by atoms with Crippen LogP contribution in [0.1, 0.15) is 43.1 Å². The molecule has 6 nitrogen and oxygen atoms in total. The van der Waals surface area contributed by atoms with E-state index in [0.717, 1.165) is 6.42 Å². The monoisotopic (exact) mass is 433 g/mol. The Bertz CT molecular complexity index is 901. The summed E-state index contributed by atoms with van der Waals surface area (Å²) >= 11 is 6.03. The molecule has 0 spiro atoms. The van der Waals surface area contributed by atoms with E-state index in [9.17, 15) is 14.0 Å². The smallest absolute Gasteiger partial charge is 0.262 e. The van der Waals surface area contributed by atoms with E-state index in [1.807, 2.05) is 6.92 Å². The third-order valence-corrected chi connectivity index (χ3v) is 4.39. The van der Waals surface area contributed by atoms with E-state index in [1.165, 1.54) is 30.5 Å². The van der Waals surface area contributed by atoms with Crippen LogP contribution in [0.3, 0.4) is 0 Å². The fraction of sp³-hybridized carbons (Fsp3) is 0.318. The molecule has 0 aliphatic heterocycles. The molecule has 0 bridgehead atoms. The van der Waals surface area contributed by atoms with Gasteiger partial charge in [0.25, 0.3) is 11.8 Å². The van der Waals surface area contributed by atoms with Crippen molar-refractivity contribution in [3.8, 4) is 5.75 Å². The van der Waals surface area contributed by atoms with Crippen molar-refractivity contribution in [1.82, 2.24) is 10.7 Å². The van der Waals surface area contributed by atoms with Gasteiger partial charge in [-0.25, -0.2) is 9.82 Å². The third-order valence-electron chi connectivity index (χ3n) is 4.15. The zero-order valence-electron chi connectivity index (χ0n) is 17.1. The van der Waals surface area contributed by atoms with Crippen molar-refractivity contribution in [3.05, 3.63) is 64.4 Å². The van der Waals surface area contributed by atoms with Gasteiger partial charge in [0.1, 0.15) is 17.6 Å². The van der Waals surface area contributed by atoms with E-state index in [-0.39, 0.29) is 11.5 Å². The normalized spacial score (nSPS) is 12.1. The number of hydrogen-bond acceptors (Lipinski definition) is 4. The molecule has 2 rings (SSSR count). The molecule has 0 fully saturated rings. The zero-order chi connectivity index (χ0) is 22.1. The lowest BCUT2D eigenvalue weighted by molar-refractivity contribution is -0.123. The van der Waals surface area contributed by atoms with E-state index < -0.39 is 23.7 Å². The van der Waals surface area contributed by atoms with Gasteiger partial charge in [-0.1, -0.05) is 32.4 Å². The van der Waals surface area contributed by atoms with Crippen LogP contribution < -0.4 is 15.5 Å². The van der Waals surface area contributed by atoms with Gasteiger partial charge in [0.15, 0.2) is 0 Å². The summed E-state index contributed by atoms with van der Waals surface area (Å²) in [6.45, 7) is 6.13. The van der Waals surface area contributed by atoms with Crippen molar-refractivity contribution in [1.29, 1.82) is 0 Å². The SMILES string of the molecule is CCCOc1ccc(Cl)cc1/C=N/NC(=O)C(NC(=O)c1ccc(F)cc1)C(C)C. The van der Waals surface area contributed by atoms with E-state index >= 15 is 0 Å². The van der Waals surface area contributed by atoms with Crippen LogP contribution in [0, 0.1) is 11.7 Å². The number of ether oxygens (including phenoxy) is 1. The van der Waals surface area contributed by atoms with E-state index in [0.29, 0.717) is 22.9 Å². The lowest BCUT2D eigenvalue weighted by Gasteiger charge is -2.20. The molecule has 30 heavy (non-hydrogen) atoms. The fourth-order valence-electron chi connectivity index (χ4n) is 2.56. The Hall–Kier alpha value is -2.93. The number of nitrogens with zero attached hydrogens (tertiary/aromatic N) is 1. The molecule has 0 saturated heterocycles. The van der Waals surface area contributed by atoms with Gasteiger partial charge < -0.3 is 10.1 Å². The predicted molar refractivity (Wildman–Crippen MR) is 115 cm³/mol. The summed E-state index contributed by atoms with van der Waals surface area (Å²) in [7, 11) is 0. The molecular weight excluding hydrogens is 409 g/mol. The molecule has 0 saturated carbocycles. The molecule has 160 valence electrons. The average molecular weight is 434 g/mol. The first-order valence-electron chi connectivity index (χ1n) is 9.63. The van der Waals surface area contributed by atoms with Crippen LogP contribution in [0.5, 0.6) is 5.75 Å².